The molecule has 18 heavy (non-hydrogen) atoms. The van der Waals surface area contributed by atoms with Gasteiger partial charge in [0.1, 0.15) is 0 Å². The van der Waals surface area contributed by atoms with Crippen LogP contribution in [0.15, 0.2) is 42.5 Å². The lowest BCUT2D eigenvalue weighted by Crippen LogP contribution is -2.35. The van der Waals surface area contributed by atoms with Crippen LogP contribution in [-0.4, -0.2) is 0 Å². The van der Waals surface area contributed by atoms with E-state index in [4.69, 9.17) is 28.9 Å². The van der Waals surface area contributed by atoms with Crippen molar-refractivity contribution in [3.63, 3.8) is 0 Å². The van der Waals surface area contributed by atoms with E-state index in [0.29, 0.717) is 10.0 Å². The van der Waals surface area contributed by atoms with Gasteiger partial charge in [-0.15, -0.1) is 0 Å². The molecule has 0 spiro atoms. The monoisotopic (exact) mass is 279 g/mol. The smallest absolute Gasteiger partial charge is 0.0654 e. The van der Waals surface area contributed by atoms with Crippen LogP contribution in [0.5, 0.6) is 0 Å². The van der Waals surface area contributed by atoms with E-state index in [0.717, 1.165) is 16.7 Å². The summed E-state index contributed by atoms with van der Waals surface area (Å²) in [7, 11) is 0. The van der Waals surface area contributed by atoms with Gasteiger partial charge in [-0.3, -0.25) is 0 Å². The van der Waals surface area contributed by atoms with Gasteiger partial charge >= 0.3 is 0 Å². The first-order chi connectivity index (χ1) is 8.44. The van der Waals surface area contributed by atoms with Crippen molar-refractivity contribution in [1.82, 2.24) is 0 Å². The number of hydrogen-bond donors (Lipinski definition) is 1. The summed E-state index contributed by atoms with van der Waals surface area (Å²) >= 11 is 12.3. The summed E-state index contributed by atoms with van der Waals surface area (Å²) in [5, 5.41) is 1.05. The van der Waals surface area contributed by atoms with E-state index < -0.39 is 5.54 Å². The molecule has 1 nitrogen and oxygen atoms in total. The molecule has 1 atom stereocenters. The molecule has 0 saturated carbocycles. The molecule has 0 amide bonds. The van der Waals surface area contributed by atoms with Gasteiger partial charge in [-0.1, -0.05) is 59.6 Å². The van der Waals surface area contributed by atoms with E-state index in [2.05, 4.69) is 0 Å². The van der Waals surface area contributed by atoms with Gasteiger partial charge in [0, 0.05) is 0 Å². The van der Waals surface area contributed by atoms with Crippen LogP contribution in [0.1, 0.15) is 23.6 Å². The Morgan fingerprint density at radius 3 is 2.22 bits per heavy atom. The molecule has 0 aromatic heterocycles. The molecule has 1 unspecified atom stereocenters. The van der Waals surface area contributed by atoms with Crippen molar-refractivity contribution in [3.05, 3.63) is 69.2 Å². The third kappa shape index (κ3) is 2.26. The third-order valence-electron chi connectivity index (χ3n) is 3.22. The summed E-state index contributed by atoms with van der Waals surface area (Å²) in [5.41, 5.74) is 8.85. The standard InChI is InChI=1S/C15H15Cl2N/c1-10-6-3-4-7-11(10)15(2,18)12-8-5-9-13(16)14(12)17/h3-9H,18H2,1-2H3. The second-order valence-corrected chi connectivity index (χ2v) is 5.40. The minimum atomic E-state index is -0.659. The first-order valence-corrected chi connectivity index (χ1v) is 6.49. The Labute approximate surface area is 118 Å². The van der Waals surface area contributed by atoms with Crippen molar-refractivity contribution < 1.29 is 0 Å². The fraction of sp³-hybridized carbons (Fsp3) is 0.200. The molecule has 0 aliphatic rings. The zero-order valence-corrected chi connectivity index (χ0v) is 11.9. The van der Waals surface area contributed by atoms with Gasteiger partial charge < -0.3 is 5.73 Å². The molecule has 0 aliphatic heterocycles. The van der Waals surface area contributed by atoms with Crippen molar-refractivity contribution in [3.8, 4) is 0 Å². The zero-order valence-electron chi connectivity index (χ0n) is 10.4. The normalized spacial score (nSPS) is 14.3. The molecule has 2 aromatic carbocycles. The van der Waals surface area contributed by atoms with Gasteiger partial charge in [0.15, 0.2) is 0 Å². The maximum absolute atomic E-state index is 6.49. The van der Waals surface area contributed by atoms with Crippen LogP contribution in [-0.2, 0) is 5.54 Å². The van der Waals surface area contributed by atoms with Gasteiger partial charge in [0.05, 0.1) is 15.6 Å². The van der Waals surface area contributed by atoms with E-state index in [1.165, 1.54) is 0 Å². The summed E-state index contributed by atoms with van der Waals surface area (Å²) in [6.07, 6.45) is 0. The molecular formula is C15H15Cl2N. The Balaban J connectivity index is 2.62. The highest BCUT2D eigenvalue weighted by molar-refractivity contribution is 6.42. The van der Waals surface area contributed by atoms with Gasteiger partial charge in [0.2, 0.25) is 0 Å². The van der Waals surface area contributed by atoms with Gasteiger partial charge in [-0.25, -0.2) is 0 Å². The molecule has 0 heterocycles. The number of hydrogen-bond acceptors (Lipinski definition) is 1. The molecule has 0 saturated heterocycles. The molecule has 0 aliphatic carbocycles. The number of halogens is 2. The largest absolute Gasteiger partial charge is 0.318 e. The lowest BCUT2D eigenvalue weighted by Gasteiger charge is -2.28. The molecule has 0 radical (unpaired) electrons. The van der Waals surface area contributed by atoms with Crippen LogP contribution in [0, 0.1) is 6.92 Å². The fourth-order valence-electron chi connectivity index (χ4n) is 2.21. The highest BCUT2D eigenvalue weighted by Gasteiger charge is 2.28. The summed E-state index contributed by atoms with van der Waals surface area (Å²) in [6, 6.07) is 13.6. The Bertz CT molecular complexity index is 576. The maximum Gasteiger partial charge on any atom is 0.0654 e. The van der Waals surface area contributed by atoms with E-state index in [1.807, 2.05) is 50.2 Å². The molecular weight excluding hydrogens is 265 g/mol. The maximum atomic E-state index is 6.49. The number of aryl methyl sites for hydroxylation is 1. The average molecular weight is 280 g/mol. The highest BCUT2D eigenvalue weighted by atomic mass is 35.5. The molecule has 3 heteroatoms. The fourth-order valence-corrected chi connectivity index (χ4v) is 2.70. The Kier molecular flexibility index (Phi) is 3.67. The van der Waals surface area contributed by atoms with Gasteiger partial charge in [0.25, 0.3) is 0 Å². The van der Waals surface area contributed by atoms with E-state index in [-0.39, 0.29) is 0 Å². The summed E-state index contributed by atoms with van der Waals surface area (Å²) < 4.78 is 0. The Morgan fingerprint density at radius 1 is 0.944 bits per heavy atom. The van der Waals surface area contributed by atoms with Gasteiger partial charge in [-0.2, -0.15) is 0 Å². The van der Waals surface area contributed by atoms with Gasteiger partial charge in [-0.05, 0) is 36.6 Å². The van der Waals surface area contributed by atoms with Crippen molar-refractivity contribution in [1.29, 1.82) is 0 Å². The molecule has 2 N–H and O–H groups in total. The molecule has 2 aromatic rings. The lowest BCUT2D eigenvalue weighted by molar-refractivity contribution is 0.599. The summed E-state index contributed by atoms with van der Waals surface area (Å²) in [5.74, 6) is 0. The quantitative estimate of drug-likeness (QED) is 0.859. The number of rotatable bonds is 2. The van der Waals surface area contributed by atoms with Crippen molar-refractivity contribution in [2.45, 2.75) is 19.4 Å². The van der Waals surface area contributed by atoms with E-state index >= 15 is 0 Å². The van der Waals surface area contributed by atoms with Crippen molar-refractivity contribution >= 4 is 23.2 Å². The van der Waals surface area contributed by atoms with Crippen LogP contribution in [0.2, 0.25) is 10.0 Å². The predicted molar refractivity (Wildman–Crippen MR) is 78.3 cm³/mol. The zero-order chi connectivity index (χ0) is 13.3. The number of nitrogens with two attached hydrogens (primary N) is 1. The summed E-state index contributed by atoms with van der Waals surface area (Å²) in [6.45, 7) is 3.99. The lowest BCUT2D eigenvalue weighted by atomic mass is 9.83. The predicted octanol–water partition coefficient (Wildman–Crippen LogP) is 4.52. The van der Waals surface area contributed by atoms with E-state index in [1.54, 1.807) is 6.07 Å². The van der Waals surface area contributed by atoms with E-state index in [9.17, 15) is 0 Å². The Morgan fingerprint density at radius 2 is 1.56 bits per heavy atom. The average Bonchev–Trinajstić information content (AvgIpc) is 2.32. The summed E-state index contributed by atoms with van der Waals surface area (Å²) in [4.78, 5) is 0. The SMILES string of the molecule is Cc1ccccc1C(C)(N)c1cccc(Cl)c1Cl. The minimum absolute atomic E-state index is 0.521. The topological polar surface area (TPSA) is 26.0 Å². The Hall–Kier alpha value is -1.02. The second kappa shape index (κ2) is 4.93. The van der Waals surface area contributed by atoms with Crippen molar-refractivity contribution in [2.24, 2.45) is 5.73 Å². The van der Waals surface area contributed by atoms with Crippen molar-refractivity contribution in [2.75, 3.05) is 0 Å². The first-order valence-electron chi connectivity index (χ1n) is 5.74. The second-order valence-electron chi connectivity index (χ2n) is 4.62. The van der Waals surface area contributed by atoms with Crippen LogP contribution in [0.25, 0.3) is 0 Å². The van der Waals surface area contributed by atoms with Crippen LogP contribution >= 0.6 is 23.2 Å². The third-order valence-corrected chi connectivity index (χ3v) is 4.03. The molecule has 2 rings (SSSR count). The van der Waals surface area contributed by atoms with Crippen LogP contribution in [0.3, 0.4) is 0 Å². The number of benzene rings is 2. The van der Waals surface area contributed by atoms with Crippen LogP contribution in [0.4, 0.5) is 0 Å². The van der Waals surface area contributed by atoms with Crippen LogP contribution < -0.4 is 5.73 Å². The highest BCUT2D eigenvalue weighted by Crippen LogP contribution is 2.36. The molecule has 0 bridgehead atoms. The molecule has 94 valence electrons. The minimum Gasteiger partial charge on any atom is -0.318 e. The first kappa shape index (κ1) is 13.4. The molecule has 0 fully saturated rings.